The fourth-order valence-electron chi connectivity index (χ4n) is 2.03. The number of pyridine rings is 1. The standard InChI is InChI=1S/C17H14N4O3/c1-11-9-15(21-24-11)20-16(22)12-7-8-18-14(10-12)17(23)19-13-5-3-2-4-6-13/h2-10H,1H3,(H,19,23)(H,20,21,22). The average molecular weight is 322 g/mol. The highest BCUT2D eigenvalue weighted by atomic mass is 16.5. The number of para-hydroxylation sites is 1. The maximum atomic E-state index is 12.2. The summed E-state index contributed by atoms with van der Waals surface area (Å²) in [6.45, 7) is 1.72. The molecule has 24 heavy (non-hydrogen) atoms. The van der Waals surface area contributed by atoms with Crippen molar-refractivity contribution in [3.8, 4) is 0 Å². The number of carbonyl (C=O) groups excluding carboxylic acids is 2. The maximum absolute atomic E-state index is 12.2. The molecule has 0 aliphatic heterocycles. The van der Waals surface area contributed by atoms with Crippen LogP contribution in [0, 0.1) is 6.92 Å². The summed E-state index contributed by atoms with van der Waals surface area (Å²) in [5, 5.41) is 9.00. The van der Waals surface area contributed by atoms with Crippen molar-refractivity contribution in [2.45, 2.75) is 6.92 Å². The van der Waals surface area contributed by atoms with Crippen LogP contribution in [0.2, 0.25) is 0 Å². The van der Waals surface area contributed by atoms with Crippen molar-refractivity contribution in [2.24, 2.45) is 0 Å². The third-order valence-corrected chi connectivity index (χ3v) is 3.16. The third-order valence-electron chi connectivity index (χ3n) is 3.16. The van der Waals surface area contributed by atoms with E-state index < -0.39 is 11.8 Å². The summed E-state index contributed by atoms with van der Waals surface area (Å²) in [6.07, 6.45) is 1.41. The number of benzene rings is 1. The van der Waals surface area contributed by atoms with E-state index in [4.69, 9.17) is 4.52 Å². The number of anilines is 2. The van der Waals surface area contributed by atoms with Gasteiger partial charge in [0.25, 0.3) is 11.8 Å². The first-order valence-corrected chi connectivity index (χ1v) is 7.19. The van der Waals surface area contributed by atoms with Crippen LogP contribution in [0.15, 0.2) is 59.3 Å². The number of hydrogen-bond acceptors (Lipinski definition) is 5. The topological polar surface area (TPSA) is 97.1 Å². The Kier molecular flexibility index (Phi) is 4.33. The Hall–Kier alpha value is -3.48. The first kappa shape index (κ1) is 15.4. The second-order valence-corrected chi connectivity index (χ2v) is 5.03. The fourth-order valence-corrected chi connectivity index (χ4v) is 2.03. The number of amides is 2. The van der Waals surface area contributed by atoms with Crippen molar-refractivity contribution in [1.82, 2.24) is 10.1 Å². The molecule has 2 heterocycles. The molecular weight excluding hydrogens is 308 g/mol. The molecule has 7 nitrogen and oxygen atoms in total. The third kappa shape index (κ3) is 3.64. The van der Waals surface area contributed by atoms with Crippen LogP contribution in [0.3, 0.4) is 0 Å². The van der Waals surface area contributed by atoms with Gasteiger partial charge in [-0.3, -0.25) is 14.6 Å². The lowest BCUT2D eigenvalue weighted by Gasteiger charge is -2.06. The zero-order chi connectivity index (χ0) is 16.9. The molecule has 0 aliphatic rings. The average Bonchev–Trinajstić information content (AvgIpc) is 3.00. The Morgan fingerprint density at radius 1 is 1.00 bits per heavy atom. The Labute approximate surface area is 137 Å². The monoisotopic (exact) mass is 322 g/mol. The summed E-state index contributed by atoms with van der Waals surface area (Å²) in [5.41, 5.74) is 1.09. The van der Waals surface area contributed by atoms with Crippen LogP contribution in [0.5, 0.6) is 0 Å². The van der Waals surface area contributed by atoms with Crippen molar-refractivity contribution in [1.29, 1.82) is 0 Å². The SMILES string of the molecule is Cc1cc(NC(=O)c2ccnc(C(=O)Nc3ccccc3)c2)no1. The van der Waals surface area contributed by atoms with E-state index in [0.29, 0.717) is 22.8 Å². The van der Waals surface area contributed by atoms with Crippen LogP contribution < -0.4 is 10.6 Å². The zero-order valence-corrected chi connectivity index (χ0v) is 12.8. The predicted molar refractivity (Wildman–Crippen MR) is 87.8 cm³/mol. The molecule has 3 rings (SSSR count). The fraction of sp³-hybridized carbons (Fsp3) is 0.0588. The molecule has 3 aromatic rings. The molecule has 2 N–H and O–H groups in total. The molecule has 2 aromatic heterocycles. The highest BCUT2D eigenvalue weighted by Gasteiger charge is 2.13. The smallest absolute Gasteiger partial charge is 0.274 e. The summed E-state index contributed by atoms with van der Waals surface area (Å²) < 4.78 is 4.89. The van der Waals surface area contributed by atoms with Gasteiger partial charge in [-0.15, -0.1) is 0 Å². The van der Waals surface area contributed by atoms with E-state index in [-0.39, 0.29) is 5.69 Å². The molecule has 0 fully saturated rings. The summed E-state index contributed by atoms with van der Waals surface area (Å²) >= 11 is 0. The van der Waals surface area contributed by atoms with E-state index in [9.17, 15) is 9.59 Å². The molecule has 0 radical (unpaired) electrons. The lowest BCUT2D eigenvalue weighted by atomic mass is 10.2. The molecule has 0 atom stereocenters. The van der Waals surface area contributed by atoms with E-state index in [1.54, 1.807) is 25.1 Å². The summed E-state index contributed by atoms with van der Waals surface area (Å²) in [4.78, 5) is 28.4. The minimum absolute atomic E-state index is 0.142. The van der Waals surface area contributed by atoms with Gasteiger partial charge in [0.05, 0.1) is 0 Å². The first-order valence-electron chi connectivity index (χ1n) is 7.19. The minimum atomic E-state index is -0.403. The molecule has 2 amide bonds. The van der Waals surface area contributed by atoms with E-state index in [1.807, 2.05) is 18.2 Å². The lowest BCUT2D eigenvalue weighted by Crippen LogP contribution is -2.17. The predicted octanol–water partition coefficient (Wildman–Crippen LogP) is 2.88. The van der Waals surface area contributed by atoms with Gasteiger partial charge < -0.3 is 15.2 Å². The maximum Gasteiger partial charge on any atom is 0.274 e. The lowest BCUT2D eigenvalue weighted by molar-refractivity contribution is 0.102. The van der Waals surface area contributed by atoms with Crippen molar-refractivity contribution in [2.75, 3.05) is 10.6 Å². The number of rotatable bonds is 4. The molecule has 0 saturated carbocycles. The summed E-state index contributed by atoms with van der Waals surface area (Å²) in [6, 6.07) is 13.5. The zero-order valence-electron chi connectivity index (χ0n) is 12.8. The van der Waals surface area contributed by atoms with E-state index in [0.717, 1.165) is 0 Å². The van der Waals surface area contributed by atoms with Crippen molar-refractivity contribution >= 4 is 23.3 Å². The molecule has 0 bridgehead atoms. The molecule has 0 unspecified atom stereocenters. The number of carbonyl (C=O) groups is 2. The molecule has 0 saturated heterocycles. The first-order chi connectivity index (χ1) is 11.6. The molecule has 0 spiro atoms. The van der Waals surface area contributed by atoms with Crippen molar-refractivity contribution < 1.29 is 14.1 Å². The number of nitrogens with one attached hydrogen (secondary N) is 2. The number of hydrogen-bond donors (Lipinski definition) is 2. The molecule has 120 valence electrons. The largest absolute Gasteiger partial charge is 0.360 e. The number of aromatic nitrogens is 2. The Bertz CT molecular complexity index is 874. The highest BCUT2D eigenvalue weighted by Crippen LogP contribution is 2.11. The van der Waals surface area contributed by atoms with Gasteiger partial charge in [-0.1, -0.05) is 23.4 Å². The van der Waals surface area contributed by atoms with E-state index >= 15 is 0 Å². The van der Waals surface area contributed by atoms with Crippen LogP contribution in [0.25, 0.3) is 0 Å². The van der Waals surface area contributed by atoms with Gasteiger partial charge in [0.1, 0.15) is 11.5 Å². The van der Waals surface area contributed by atoms with Gasteiger partial charge in [0, 0.05) is 23.5 Å². The second kappa shape index (κ2) is 6.74. The van der Waals surface area contributed by atoms with Crippen molar-refractivity contribution in [3.63, 3.8) is 0 Å². The number of aryl methyl sites for hydroxylation is 1. The molecular formula is C17H14N4O3. The summed E-state index contributed by atoms with van der Waals surface area (Å²) in [7, 11) is 0. The Morgan fingerprint density at radius 3 is 2.50 bits per heavy atom. The van der Waals surface area contributed by atoms with Gasteiger partial charge >= 0.3 is 0 Å². The van der Waals surface area contributed by atoms with Crippen LogP contribution in [-0.2, 0) is 0 Å². The van der Waals surface area contributed by atoms with Crippen LogP contribution in [-0.4, -0.2) is 22.0 Å². The second-order valence-electron chi connectivity index (χ2n) is 5.03. The quantitative estimate of drug-likeness (QED) is 0.770. The molecule has 7 heteroatoms. The normalized spacial score (nSPS) is 10.2. The Balaban J connectivity index is 1.73. The Morgan fingerprint density at radius 2 is 1.79 bits per heavy atom. The van der Waals surface area contributed by atoms with E-state index in [2.05, 4.69) is 20.8 Å². The molecule has 0 aliphatic carbocycles. The van der Waals surface area contributed by atoms with Gasteiger partial charge in [-0.05, 0) is 31.2 Å². The van der Waals surface area contributed by atoms with Gasteiger partial charge in [-0.2, -0.15) is 0 Å². The van der Waals surface area contributed by atoms with Crippen LogP contribution in [0.1, 0.15) is 26.6 Å². The molecule has 1 aromatic carbocycles. The minimum Gasteiger partial charge on any atom is -0.360 e. The van der Waals surface area contributed by atoms with Gasteiger partial charge in [-0.25, -0.2) is 0 Å². The van der Waals surface area contributed by atoms with Crippen LogP contribution in [0.4, 0.5) is 11.5 Å². The van der Waals surface area contributed by atoms with E-state index in [1.165, 1.54) is 18.3 Å². The highest BCUT2D eigenvalue weighted by molar-refractivity contribution is 6.07. The van der Waals surface area contributed by atoms with Gasteiger partial charge in [0.15, 0.2) is 5.82 Å². The van der Waals surface area contributed by atoms with Gasteiger partial charge in [0.2, 0.25) is 0 Å². The van der Waals surface area contributed by atoms with Crippen LogP contribution >= 0.6 is 0 Å². The summed E-state index contributed by atoms with van der Waals surface area (Å²) in [5.74, 6) is 0.0974. The number of nitrogens with zero attached hydrogens (tertiary/aromatic N) is 2. The van der Waals surface area contributed by atoms with Crippen molar-refractivity contribution in [3.05, 3.63) is 71.7 Å².